The first-order chi connectivity index (χ1) is 8.44. The SMILES string of the molecule is CC(C)(C)NCc1ccc(-c2ccc(F)cc2)o1. The molecule has 0 bridgehead atoms. The number of halogens is 1. The molecule has 18 heavy (non-hydrogen) atoms. The second-order valence-corrected chi connectivity index (χ2v) is 5.38. The first-order valence-electron chi connectivity index (χ1n) is 6.04. The molecule has 0 fully saturated rings. The van der Waals surface area contributed by atoms with E-state index in [4.69, 9.17) is 4.42 Å². The summed E-state index contributed by atoms with van der Waals surface area (Å²) in [5.41, 5.74) is 0.946. The van der Waals surface area contributed by atoms with Gasteiger partial charge in [-0.3, -0.25) is 0 Å². The third kappa shape index (κ3) is 3.44. The molecular weight excluding hydrogens is 229 g/mol. The van der Waals surface area contributed by atoms with E-state index in [1.807, 2.05) is 12.1 Å². The van der Waals surface area contributed by atoms with E-state index < -0.39 is 0 Å². The lowest BCUT2D eigenvalue weighted by Gasteiger charge is -2.19. The molecule has 2 rings (SSSR count). The zero-order valence-corrected chi connectivity index (χ0v) is 11.0. The van der Waals surface area contributed by atoms with Crippen molar-refractivity contribution in [1.82, 2.24) is 5.32 Å². The van der Waals surface area contributed by atoms with Crippen molar-refractivity contribution in [2.75, 3.05) is 0 Å². The smallest absolute Gasteiger partial charge is 0.134 e. The minimum atomic E-state index is -0.236. The summed E-state index contributed by atoms with van der Waals surface area (Å²) < 4.78 is 18.5. The molecule has 1 heterocycles. The minimum Gasteiger partial charge on any atom is -0.460 e. The summed E-state index contributed by atoms with van der Waals surface area (Å²) in [7, 11) is 0. The molecule has 0 atom stereocenters. The van der Waals surface area contributed by atoms with Crippen LogP contribution in [0.5, 0.6) is 0 Å². The Hall–Kier alpha value is -1.61. The Morgan fingerprint density at radius 1 is 1.06 bits per heavy atom. The lowest BCUT2D eigenvalue weighted by molar-refractivity contribution is 0.391. The Balaban J connectivity index is 2.08. The molecule has 96 valence electrons. The van der Waals surface area contributed by atoms with Gasteiger partial charge < -0.3 is 9.73 Å². The second-order valence-electron chi connectivity index (χ2n) is 5.38. The van der Waals surface area contributed by atoms with Gasteiger partial charge in [0.2, 0.25) is 0 Å². The van der Waals surface area contributed by atoms with E-state index in [1.165, 1.54) is 12.1 Å². The summed E-state index contributed by atoms with van der Waals surface area (Å²) in [5, 5.41) is 3.36. The van der Waals surface area contributed by atoms with Gasteiger partial charge >= 0.3 is 0 Å². The van der Waals surface area contributed by atoms with E-state index >= 15 is 0 Å². The molecule has 0 aliphatic heterocycles. The Morgan fingerprint density at radius 3 is 2.33 bits per heavy atom. The Morgan fingerprint density at radius 2 is 1.72 bits per heavy atom. The van der Waals surface area contributed by atoms with Crippen LogP contribution in [0.15, 0.2) is 40.8 Å². The van der Waals surface area contributed by atoms with Crippen LogP contribution in [0.2, 0.25) is 0 Å². The molecular formula is C15H18FNO. The number of nitrogens with one attached hydrogen (secondary N) is 1. The number of furan rings is 1. The van der Waals surface area contributed by atoms with E-state index in [0.717, 1.165) is 17.1 Å². The van der Waals surface area contributed by atoms with Gasteiger partial charge in [0.15, 0.2) is 0 Å². The molecule has 1 N–H and O–H groups in total. The van der Waals surface area contributed by atoms with Crippen LogP contribution in [0.25, 0.3) is 11.3 Å². The molecule has 1 aromatic carbocycles. The summed E-state index contributed by atoms with van der Waals surface area (Å²) in [6.45, 7) is 7.01. The molecule has 2 aromatic rings. The maximum absolute atomic E-state index is 12.8. The van der Waals surface area contributed by atoms with Gasteiger partial charge in [0.05, 0.1) is 6.54 Å². The van der Waals surface area contributed by atoms with Crippen LogP contribution < -0.4 is 5.32 Å². The number of rotatable bonds is 3. The highest BCUT2D eigenvalue weighted by Gasteiger charge is 2.10. The minimum absolute atomic E-state index is 0.0584. The number of hydrogen-bond acceptors (Lipinski definition) is 2. The molecule has 0 unspecified atom stereocenters. The van der Waals surface area contributed by atoms with Crippen molar-refractivity contribution in [2.24, 2.45) is 0 Å². The summed E-state index contributed by atoms with van der Waals surface area (Å²) in [5.74, 6) is 1.41. The van der Waals surface area contributed by atoms with Crippen molar-refractivity contribution < 1.29 is 8.81 Å². The topological polar surface area (TPSA) is 25.2 Å². The zero-order valence-electron chi connectivity index (χ0n) is 11.0. The lowest BCUT2D eigenvalue weighted by atomic mass is 10.1. The molecule has 0 amide bonds. The monoisotopic (exact) mass is 247 g/mol. The molecule has 3 heteroatoms. The van der Waals surface area contributed by atoms with Crippen molar-refractivity contribution in [3.05, 3.63) is 48.0 Å². The van der Waals surface area contributed by atoms with Crippen molar-refractivity contribution in [2.45, 2.75) is 32.9 Å². The fourth-order valence-corrected chi connectivity index (χ4v) is 1.59. The molecule has 0 aliphatic carbocycles. The maximum Gasteiger partial charge on any atom is 0.134 e. The van der Waals surface area contributed by atoms with Crippen LogP contribution in [0.3, 0.4) is 0 Å². The normalized spacial score (nSPS) is 11.8. The van der Waals surface area contributed by atoms with Gasteiger partial charge in [0.1, 0.15) is 17.3 Å². The van der Waals surface area contributed by atoms with E-state index in [-0.39, 0.29) is 11.4 Å². The van der Waals surface area contributed by atoms with Crippen LogP contribution in [-0.2, 0) is 6.54 Å². The fraction of sp³-hybridized carbons (Fsp3) is 0.333. The van der Waals surface area contributed by atoms with Gasteiger partial charge in [-0.15, -0.1) is 0 Å². The van der Waals surface area contributed by atoms with E-state index in [9.17, 15) is 4.39 Å². The summed E-state index contributed by atoms with van der Waals surface area (Å²) in [4.78, 5) is 0. The second kappa shape index (κ2) is 4.94. The number of hydrogen-bond donors (Lipinski definition) is 1. The molecule has 0 radical (unpaired) electrons. The van der Waals surface area contributed by atoms with Crippen molar-refractivity contribution >= 4 is 0 Å². The van der Waals surface area contributed by atoms with Gasteiger partial charge in [0.25, 0.3) is 0 Å². The average molecular weight is 247 g/mol. The van der Waals surface area contributed by atoms with Gasteiger partial charge in [-0.25, -0.2) is 4.39 Å². The standard InChI is InChI=1S/C15H18FNO/c1-15(2,3)17-10-13-8-9-14(18-13)11-4-6-12(16)7-5-11/h4-9,17H,10H2,1-3H3. The summed E-state index contributed by atoms with van der Waals surface area (Å²) >= 11 is 0. The summed E-state index contributed by atoms with van der Waals surface area (Å²) in [6.07, 6.45) is 0. The lowest BCUT2D eigenvalue weighted by Crippen LogP contribution is -2.34. The Labute approximate surface area is 107 Å². The Bertz CT molecular complexity index is 508. The fourth-order valence-electron chi connectivity index (χ4n) is 1.59. The van der Waals surface area contributed by atoms with Gasteiger partial charge in [-0.2, -0.15) is 0 Å². The predicted octanol–water partition coefficient (Wildman–Crippen LogP) is 3.97. The quantitative estimate of drug-likeness (QED) is 0.887. The van der Waals surface area contributed by atoms with E-state index in [2.05, 4.69) is 26.1 Å². The van der Waals surface area contributed by atoms with Crippen molar-refractivity contribution in [3.63, 3.8) is 0 Å². The first kappa shape index (κ1) is 12.8. The first-order valence-corrected chi connectivity index (χ1v) is 6.04. The molecule has 0 aliphatic rings. The highest BCUT2D eigenvalue weighted by molar-refractivity contribution is 5.57. The molecule has 0 saturated heterocycles. The third-order valence-electron chi connectivity index (χ3n) is 2.58. The van der Waals surface area contributed by atoms with Crippen LogP contribution in [0.1, 0.15) is 26.5 Å². The summed E-state index contributed by atoms with van der Waals surface area (Å²) in [6, 6.07) is 10.2. The van der Waals surface area contributed by atoms with Crippen molar-refractivity contribution in [1.29, 1.82) is 0 Å². The molecule has 2 nitrogen and oxygen atoms in total. The third-order valence-corrected chi connectivity index (χ3v) is 2.58. The Kier molecular flexibility index (Phi) is 3.53. The largest absolute Gasteiger partial charge is 0.460 e. The highest BCUT2D eigenvalue weighted by atomic mass is 19.1. The van der Waals surface area contributed by atoms with E-state index in [0.29, 0.717) is 6.54 Å². The predicted molar refractivity (Wildman–Crippen MR) is 70.7 cm³/mol. The highest BCUT2D eigenvalue weighted by Crippen LogP contribution is 2.22. The molecule has 1 aromatic heterocycles. The van der Waals surface area contributed by atoms with Crippen LogP contribution >= 0.6 is 0 Å². The average Bonchev–Trinajstić information content (AvgIpc) is 2.75. The van der Waals surface area contributed by atoms with Crippen LogP contribution in [-0.4, -0.2) is 5.54 Å². The number of benzene rings is 1. The van der Waals surface area contributed by atoms with Gasteiger partial charge in [0, 0.05) is 11.1 Å². The van der Waals surface area contributed by atoms with Crippen molar-refractivity contribution in [3.8, 4) is 11.3 Å². The zero-order chi connectivity index (χ0) is 13.2. The van der Waals surface area contributed by atoms with Crippen LogP contribution in [0, 0.1) is 5.82 Å². The van der Waals surface area contributed by atoms with E-state index in [1.54, 1.807) is 12.1 Å². The molecule has 0 spiro atoms. The van der Waals surface area contributed by atoms with Crippen LogP contribution in [0.4, 0.5) is 4.39 Å². The van der Waals surface area contributed by atoms with Gasteiger partial charge in [-0.05, 0) is 57.2 Å². The maximum atomic E-state index is 12.8. The van der Waals surface area contributed by atoms with Gasteiger partial charge in [-0.1, -0.05) is 0 Å². The molecule has 0 saturated carbocycles.